The van der Waals surface area contributed by atoms with Gasteiger partial charge >= 0.3 is 0 Å². The van der Waals surface area contributed by atoms with Gasteiger partial charge in [0.1, 0.15) is 11.5 Å². The predicted molar refractivity (Wildman–Crippen MR) is 65.5 cm³/mol. The Labute approximate surface area is 105 Å². The molecule has 1 heterocycles. The number of rotatable bonds is 4. The lowest BCUT2D eigenvalue weighted by Crippen LogP contribution is -2.49. The summed E-state index contributed by atoms with van der Waals surface area (Å²) in [6, 6.07) is 1.70. The van der Waals surface area contributed by atoms with Gasteiger partial charge in [-0.1, -0.05) is 0 Å². The molecule has 0 atom stereocenters. The molecule has 0 fully saturated rings. The van der Waals surface area contributed by atoms with E-state index in [1.54, 1.807) is 26.8 Å². The molecule has 1 N–H and O–H groups in total. The predicted octanol–water partition coefficient (Wildman–Crippen LogP) is 2.86. The maximum atomic E-state index is 11.9. The van der Waals surface area contributed by atoms with Crippen molar-refractivity contribution in [3.05, 3.63) is 23.2 Å². The number of furan rings is 1. The van der Waals surface area contributed by atoms with Crippen molar-refractivity contribution in [1.29, 1.82) is 0 Å². The lowest BCUT2D eigenvalue weighted by molar-refractivity contribution is 0.0920. The van der Waals surface area contributed by atoms with Crippen LogP contribution in [0.5, 0.6) is 0 Å². The summed E-state index contributed by atoms with van der Waals surface area (Å²) in [7, 11) is 0. The SMILES string of the molecule is Cc1cc(C(=O)NC(C)(CCl)CCl)c(C)o1. The van der Waals surface area contributed by atoms with Gasteiger partial charge in [-0.2, -0.15) is 0 Å². The van der Waals surface area contributed by atoms with E-state index in [0.717, 1.165) is 0 Å². The molecule has 0 unspecified atom stereocenters. The van der Waals surface area contributed by atoms with Crippen molar-refractivity contribution in [2.45, 2.75) is 26.3 Å². The van der Waals surface area contributed by atoms with E-state index in [4.69, 9.17) is 27.6 Å². The largest absolute Gasteiger partial charge is 0.466 e. The van der Waals surface area contributed by atoms with Crippen molar-refractivity contribution in [3.63, 3.8) is 0 Å². The fraction of sp³-hybridized carbons (Fsp3) is 0.545. The summed E-state index contributed by atoms with van der Waals surface area (Å²) >= 11 is 11.5. The van der Waals surface area contributed by atoms with E-state index >= 15 is 0 Å². The zero-order valence-corrected chi connectivity index (χ0v) is 11.1. The Morgan fingerprint density at radius 2 is 2.00 bits per heavy atom. The van der Waals surface area contributed by atoms with Gasteiger partial charge in [0, 0.05) is 11.8 Å². The van der Waals surface area contributed by atoms with Crippen LogP contribution in [0.2, 0.25) is 0 Å². The third kappa shape index (κ3) is 2.92. The Bertz CT molecular complexity index is 383. The van der Waals surface area contributed by atoms with Gasteiger partial charge in [-0.3, -0.25) is 4.79 Å². The minimum absolute atomic E-state index is 0.210. The van der Waals surface area contributed by atoms with Crippen molar-refractivity contribution < 1.29 is 9.21 Å². The van der Waals surface area contributed by atoms with E-state index in [1.807, 2.05) is 0 Å². The van der Waals surface area contributed by atoms with E-state index < -0.39 is 5.54 Å². The fourth-order valence-corrected chi connectivity index (χ4v) is 1.72. The quantitative estimate of drug-likeness (QED) is 0.849. The van der Waals surface area contributed by atoms with E-state index in [0.29, 0.717) is 17.1 Å². The van der Waals surface area contributed by atoms with E-state index in [1.165, 1.54) is 0 Å². The Morgan fingerprint density at radius 3 is 2.38 bits per heavy atom. The van der Waals surface area contributed by atoms with Crippen LogP contribution >= 0.6 is 23.2 Å². The first-order chi connectivity index (χ1) is 7.41. The number of amides is 1. The summed E-state index contributed by atoms with van der Waals surface area (Å²) in [6.07, 6.45) is 0. The van der Waals surface area contributed by atoms with Gasteiger partial charge in [0.2, 0.25) is 0 Å². The second kappa shape index (κ2) is 5.11. The Balaban J connectivity index is 2.84. The van der Waals surface area contributed by atoms with E-state index in [9.17, 15) is 4.79 Å². The smallest absolute Gasteiger partial charge is 0.255 e. The lowest BCUT2D eigenvalue weighted by Gasteiger charge is -2.25. The van der Waals surface area contributed by atoms with Crippen molar-refractivity contribution in [2.24, 2.45) is 0 Å². The molecule has 90 valence electrons. The molecule has 1 aromatic rings. The topological polar surface area (TPSA) is 42.2 Å². The van der Waals surface area contributed by atoms with Crippen LogP contribution in [0, 0.1) is 13.8 Å². The first-order valence-electron chi connectivity index (χ1n) is 4.93. The Morgan fingerprint density at radius 1 is 1.44 bits per heavy atom. The Kier molecular flexibility index (Phi) is 4.28. The van der Waals surface area contributed by atoms with E-state index in [2.05, 4.69) is 5.32 Å². The summed E-state index contributed by atoms with van der Waals surface area (Å²) in [5, 5.41) is 2.80. The molecular weight excluding hydrogens is 249 g/mol. The molecule has 1 aromatic heterocycles. The molecule has 0 saturated heterocycles. The van der Waals surface area contributed by atoms with Crippen LogP contribution in [0.1, 0.15) is 28.8 Å². The van der Waals surface area contributed by atoms with Gasteiger partial charge in [0.05, 0.1) is 11.1 Å². The summed E-state index contributed by atoms with van der Waals surface area (Å²) in [4.78, 5) is 11.9. The summed E-state index contributed by atoms with van der Waals surface area (Å²) in [5.41, 5.74) is -0.0726. The van der Waals surface area contributed by atoms with Crippen LogP contribution in [-0.2, 0) is 0 Å². The number of nitrogens with one attached hydrogen (secondary N) is 1. The van der Waals surface area contributed by atoms with Gasteiger partial charge in [-0.25, -0.2) is 0 Å². The maximum Gasteiger partial charge on any atom is 0.255 e. The van der Waals surface area contributed by atoms with Crippen LogP contribution in [-0.4, -0.2) is 23.2 Å². The fourth-order valence-electron chi connectivity index (χ4n) is 1.30. The molecule has 0 saturated carbocycles. The monoisotopic (exact) mass is 263 g/mol. The molecule has 1 amide bonds. The highest BCUT2D eigenvalue weighted by atomic mass is 35.5. The van der Waals surface area contributed by atoms with Crippen LogP contribution in [0.4, 0.5) is 0 Å². The third-order valence-corrected chi connectivity index (χ3v) is 3.47. The molecule has 0 aliphatic carbocycles. The molecule has 0 aromatic carbocycles. The Hall–Kier alpha value is -0.670. The van der Waals surface area contributed by atoms with Crippen LogP contribution in [0.3, 0.4) is 0 Å². The zero-order valence-electron chi connectivity index (χ0n) is 9.56. The normalized spacial score (nSPS) is 11.6. The average Bonchev–Trinajstić information content (AvgIpc) is 2.57. The number of aryl methyl sites for hydroxylation is 2. The number of hydrogen-bond acceptors (Lipinski definition) is 2. The molecule has 0 radical (unpaired) electrons. The first kappa shape index (κ1) is 13.4. The van der Waals surface area contributed by atoms with Crippen LogP contribution in [0.25, 0.3) is 0 Å². The summed E-state index contributed by atoms with van der Waals surface area (Å²) in [6.45, 7) is 5.35. The second-order valence-electron chi connectivity index (χ2n) is 4.11. The van der Waals surface area contributed by atoms with Gasteiger partial charge in [0.15, 0.2) is 0 Å². The van der Waals surface area contributed by atoms with Crippen molar-refractivity contribution in [3.8, 4) is 0 Å². The van der Waals surface area contributed by atoms with Gasteiger partial charge in [0.25, 0.3) is 5.91 Å². The number of halogens is 2. The number of hydrogen-bond donors (Lipinski definition) is 1. The second-order valence-corrected chi connectivity index (χ2v) is 4.64. The average molecular weight is 264 g/mol. The molecule has 16 heavy (non-hydrogen) atoms. The first-order valence-corrected chi connectivity index (χ1v) is 6.00. The zero-order chi connectivity index (χ0) is 12.3. The molecule has 1 rings (SSSR count). The van der Waals surface area contributed by atoms with Gasteiger partial charge < -0.3 is 9.73 Å². The highest BCUT2D eigenvalue weighted by molar-refractivity contribution is 6.22. The standard InChI is InChI=1S/C11H15Cl2NO2/c1-7-4-9(8(2)16-7)10(15)14-11(3,5-12)6-13/h4H,5-6H2,1-3H3,(H,14,15). The lowest BCUT2D eigenvalue weighted by atomic mass is 10.1. The van der Waals surface area contributed by atoms with Crippen LogP contribution < -0.4 is 5.32 Å². The van der Waals surface area contributed by atoms with Gasteiger partial charge in [-0.05, 0) is 26.8 Å². The minimum Gasteiger partial charge on any atom is -0.466 e. The summed E-state index contributed by atoms with van der Waals surface area (Å²) in [5.74, 6) is 1.62. The van der Waals surface area contributed by atoms with E-state index in [-0.39, 0.29) is 17.7 Å². The number of carbonyl (C=O) groups excluding carboxylic acids is 1. The molecular formula is C11H15Cl2NO2. The van der Waals surface area contributed by atoms with Crippen molar-refractivity contribution in [2.75, 3.05) is 11.8 Å². The van der Waals surface area contributed by atoms with Gasteiger partial charge in [-0.15, -0.1) is 23.2 Å². The highest BCUT2D eigenvalue weighted by Gasteiger charge is 2.26. The summed E-state index contributed by atoms with van der Waals surface area (Å²) < 4.78 is 5.29. The molecule has 3 nitrogen and oxygen atoms in total. The number of carbonyl (C=O) groups is 1. The molecule has 5 heteroatoms. The van der Waals surface area contributed by atoms with Crippen LogP contribution in [0.15, 0.2) is 10.5 Å². The minimum atomic E-state index is -0.599. The van der Waals surface area contributed by atoms with Crippen molar-refractivity contribution >= 4 is 29.1 Å². The molecule has 0 aliphatic rings. The molecule has 0 aliphatic heterocycles. The third-order valence-electron chi connectivity index (χ3n) is 2.29. The number of alkyl halides is 2. The molecule has 0 spiro atoms. The van der Waals surface area contributed by atoms with Crippen molar-refractivity contribution in [1.82, 2.24) is 5.32 Å². The highest BCUT2D eigenvalue weighted by Crippen LogP contribution is 2.16. The maximum absolute atomic E-state index is 11.9. The molecule has 0 bridgehead atoms.